The smallest absolute Gasteiger partial charge is 0.354 e. The van der Waals surface area contributed by atoms with Crippen LogP contribution in [-0.4, -0.2) is 61.4 Å². The number of carbonyl (C=O) groups excluding carboxylic acids is 1. The summed E-state index contributed by atoms with van der Waals surface area (Å²) in [6, 6.07) is 24.3. The van der Waals surface area contributed by atoms with Gasteiger partial charge in [0.2, 0.25) is 5.43 Å². The van der Waals surface area contributed by atoms with Crippen LogP contribution in [0.3, 0.4) is 0 Å². The quantitative estimate of drug-likeness (QED) is 0.0533. The van der Waals surface area contributed by atoms with Crippen LogP contribution in [0.5, 0.6) is 5.75 Å². The molecule has 15 nitrogen and oxygen atoms in total. The summed E-state index contributed by atoms with van der Waals surface area (Å²) in [4.78, 5) is 71.8. The molecule has 0 saturated heterocycles. The zero-order valence-corrected chi connectivity index (χ0v) is 31.8. The normalized spacial score (nSPS) is 11.2. The summed E-state index contributed by atoms with van der Waals surface area (Å²) in [7, 11) is 1.18. The third kappa shape index (κ3) is 6.88. The van der Waals surface area contributed by atoms with E-state index in [0.717, 1.165) is 0 Å². The van der Waals surface area contributed by atoms with E-state index in [0.29, 0.717) is 33.2 Å². The SMILES string of the molecule is COC(=O)c1ccc(C(=O)O)c(-c2c3cc(Cl)c(=O)c(CNc4cccc5ccc(C(=O)O)nc45)c-3oc3c(CNc4cccc5ccc(C(=O)O)nc45)c(O)ccc23)c1. The van der Waals surface area contributed by atoms with Crippen LogP contribution < -0.4 is 16.1 Å². The number of aromatic carboxylic acids is 3. The van der Waals surface area contributed by atoms with Gasteiger partial charge in [0.25, 0.3) is 0 Å². The summed E-state index contributed by atoms with van der Waals surface area (Å²) in [6.45, 7) is -0.404. The molecule has 298 valence electrons. The molecule has 0 fully saturated rings. The van der Waals surface area contributed by atoms with E-state index in [2.05, 4.69) is 20.6 Å². The second kappa shape index (κ2) is 15.4. The number of ether oxygens (including phenoxy) is 1. The van der Waals surface area contributed by atoms with Gasteiger partial charge < -0.3 is 40.2 Å². The van der Waals surface area contributed by atoms with Gasteiger partial charge in [-0.15, -0.1) is 0 Å². The molecule has 60 heavy (non-hydrogen) atoms. The van der Waals surface area contributed by atoms with Gasteiger partial charge in [0, 0.05) is 40.4 Å². The van der Waals surface area contributed by atoms with Gasteiger partial charge >= 0.3 is 23.9 Å². The number of anilines is 2. The number of hydrogen-bond donors (Lipinski definition) is 6. The lowest BCUT2D eigenvalue weighted by molar-refractivity contribution is 0.0597. The molecule has 2 aromatic heterocycles. The minimum absolute atomic E-state index is 0.0158. The van der Waals surface area contributed by atoms with Crippen LogP contribution in [0.1, 0.15) is 52.8 Å². The molecule has 1 aliphatic heterocycles. The lowest BCUT2D eigenvalue weighted by Gasteiger charge is -2.22. The zero-order valence-electron chi connectivity index (χ0n) is 31.1. The molecule has 0 bridgehead atoms. The number of hydrogen-bond acceptors (Lipinski definition) is 12. The number of nitrogens with zero attached hydrogens (tertiary/aromatic N) is 2. The van der Waals surface area contributed by atoms with Crippen molar-refractivity contribution in [3.8, 4) is 28.2 Å². The Morgan fingerprint density at radius 3 is 1.88 bits per heavy atom. The number of carbonyl (C=O) groups is 4. The molecule has 4 aromatic carbocycles. The summed E-state index contributed by atoms with van der Waals surface area (Å²) in [5.41, 5.74) is 0.753. The topological polar surface area (TPSA) is 238 Å². The van der Waals surface area contributed by atoms with Crippen molar-refractivity contribution in [3.63, 3.8) is 0 Å². The van der Waals surface area contributed by atoms with Crippen molar-refractivity contribution < 1.29 is 48.8 Å². The van der Waals surface area contributed by atoms with Gasteiger partial charge in [-0.25, -0.2) is 29.1 Å². The molecule has 0 saturated carbocycles. The molecule has 0 atom stereocenters. The summed E-state index contributed by atoms with van der Waals surface area (Å²) < 4.78 is 11.6. The molecular weight excluding hydrogens is 796 g/mol. The first kappa shape index (κ1) is 38.8. The second-order valence-corrected chi connectivity index (χ2v) is 13.9. The number of carboxylic acids is 3. The Morgan fingerprint density at radius 1 is 0.717 bits per heavy atom. The van der Waals surface area contributed by atoms with E-state index in [9.17, 15) is 44.4 Å². The number of para-hydroxylation sites is 2. The Morgan fingerprint density at radius 2 is 1.32 bits per heavy atom. The average molecular weight is 825 g/mol. The fourth-order valence-corrected chi connectivity index (χ4v) is 7.36. The highest BCUT2D eigenvalue weighted by molar-refractivity contribution is 6.31. The molecule has 8 rings (SSSR count). The Balaban J connectivity index is 1.37. The van der Waals surface area contributed by atoms with Crippen LogP contribution in [0.4, 0.5) is 11.4 Å². The van der Waals surface area contributed by atoms with Gasteiger partial charge in [-0.3, -0.25) is 4.79 Å². The molecule has 3 heterocycles. The van der Waals surface area contributed by atoms with Crippen LogP contribution >= 0.6 is 11.6 Å². The van der Waals surface area contributed by atoms with E-state index < -0.39 is 29.3 Å². The summed E-state index contributed by atoms with van der Waals surface area (Å²) in [5, 5.41) is 48.7. The van der Waals surface area contributed by atoms with E-state index in [-0.39, 0.29) is 90.9 Å². The van der Waals surface area contributed by atoms with Crippen LogP contribution in [0.2, 0.25) is 5.02 Å². The Labute approximate surface area is 342 Å². The predicted molar refractivity (Wildman–Crippen MR) is 222 cm³/mol. The van der Waals surface area contributed by atoms with Crippen molar-refractivity contribution in [3.05, 3.63) is 146 Å². The maximum Gasteiger partial charge on any atom is 0.354 e. The molecule has 2 aliphatic rings. The maximum absolute atomic E-state index is 14.0. The Kier molecular flexibility index (Phi) is 9.95. The van der Waals surface area contributed by atoms with Crippen LogP contribution in [0, 0.1) is 0 Å². The number of methoxy groups -OCH3 is 1. The fourth-order valence-electron chi connectivity index (χ4n) is 7.14. The van der Waals surface area contributed by atoms with E-state index in [1.807, 2.05) is 0 Å². The number of aromatic nitrogens is 2. The molecule has 16 heteroatoms. The molecule has 0 unspecified atom stereocenters. The monoisotopic (exact) mass is 824 g/mol. The molecular formula is C44H29ClN4O11. The predicted octanol–water partition coefficient (Wildman–Crippen LogP) is 8.13. The first-order valence-electron chi connectivity index (χ1n) is 18.0. The summed E-state index contributed by atoms with van der Waals surface area (Å²) in [6.07, 6.45) is 0. The number of phenolic OH excluding ortho intramolecular Hbond substituents is 1. The number of phenols is 1. The van der Waals surface area contributed by atoms with Crippen LogP contribution in [-0.2, 0) is 17.8 Å². The number of rotatable bonds is 11. The number of nitrogens with one attached hydrogen (secondary N) is 2. The number of fused-ring (bicyclic) bond motifs is 4. The number of esters is 1. The fraction of sp³-hybridized carbons (Fsp3) is 0.0682. The number of pyridine rings is 2. The average Bonchev–Trinajstić information content (AvgIpc) is 3.24. The van der Waals surface area contributed by atoms with Crippen molar-refractivity contribution in [2.45, 2.75) is 13.1 Å². The van der Waals surface area contributed by atoms with E-state index in [1.165, 1.54) is 55.6 Å². The standard InChI is InChI=1S/C44H29ClN4O11/c1-59-44(58)22-8-11-23(41(52)53)25(16-22)35-24-12-15-34(50)27(18-46-30-6-2-4-20-9-13-32(42(54)55)48-36(20)30)39(24)60-40-26(35)17-29(45)38(51)28(40)19-47-31-7-3-5-21-10-14-33(43(56)57)49-37(21)31/h2-17,46-47,50H,18-19H2,1H3,(H,52,53)(H,54,55)(H,56,57). The lowest BCUT2D eigenvalue weighted by atomic mass is 9.87. The van der Waals surface area contributed by atoms with Crippen LogP contribution in [0.15, 0.2) is 106 Å². The van der Waals surface area contributed by atoms with Gasteiger partial charge in [0.05, 0.1) is 56.8 Å². The van der Waals surface area contributed by atoms with Crippen molar-refractivity contribution >= 4 is 79.6 Å². The molecule has 0 amide bonds. The van der Waals surface area contributed by atoms with Crippen LogP contribution in [0.25, 0.3) is 55.2 Å². The lowest BCUT2D eigenvalue weighted by Crippen LogP contribution is -2.17. The third-order valence-electron chi connectivity index (χ3n) is 9.99. The second-order valence-electron chi connectivity index (χ2n) is 13.5. The van der Waals surface area contributed by atoms with Gasteiger partial charge in [-0.2, -0.15) is 0 Å². The van der Waals surface area contributed by atoms with Gasteiger partial charge in [0.1, 0.15) is 28.5 Å². The largest absolute Gasteiger partial charge is 0.507 e. The number of benzene rings is 5. The molecule has 1 aliphatic carbocycles. The van der Waals surface area contributed by atoms with Crippen molar-refractivity contribution in [2.24, 2.45) is 0 Å². The number of halogens is 1. The van der Waals surface area contributed by atoms with E-state index in [1.54, 1.807) is 48.5 Å². The van der Waals surface area contributed by atoms with Gasteiger partial charge in [-0.05, 0) is 66.2 Å². The highest BCUT2D eigenvalue weighted by atomic mass is 35.5. The summed E-state index contributed by atoms with van der Waals surface area (Å²) in [5.74, 6) is -4.86. The third-order valence-corrected chi connectivity index (χ3v) is 10.3. The Bertz CT molecular complexity index is 3160. The van der Waals surface area contributed by atoms with Crippen molar-refractivity contribution in [1.29, 1.82) is 0 Å². The van der Waals surface area contributed by atoms with E-state index in [4.69, 9.17) is 20.8 Å². The number of aromatic hydroxyl groups is 1. The zero-order chi connectivity index (χ0) is 42.4. The van der Waals surface area contributed by atoms with Gasteiger partial charge in [0.15, 0.2) is 0 Å². The minimum atomic E-state index is -1.34. The van der Waals surface area contributed by atoms with Gasteiger partial charge in [-0.1, -0.05) is 48.0 Å². The summed E-state index contributed by atoms with van der Waals surface area (Å²) >= 11 is 6.65. The maximum atomic E-state index is 14.0. The highest BCUT2D eigenvalue weighted by Gasteiger charge is 2.29. The highest BCUT2D eigenvalue weighted by Crippen LogP contribution is 2.46. The minimum Gasteiger partial charge on any atom is -0.507 e. The Hall–Kier alpha value is -8.04. The molecule has 0 spiro atoms. The van der Waals surface area contributed by atoms with E-state index >= 15 is 0 Å². The first-order valence-corrected chi connectivity index (χ1v) is 18.3. The molecule has 6 N–H and O–H groups in total. The molecule has 6 aromatic rings. The molecule has 0 radical (unpaired) electrons. The van der Waals surface area contributed by atoms with Crippen molar-refractivity contribution in [2.75, 3.05) is 17.7 Å². The number of carboxylic acid groups (broad SMARTS) is 3. The first-order chi connectivity index (χ1) is 28.8. The van der Waals surface area contributed by atoms with Crippen molar-refractivity contribution in [1.82, 2.24) is 9.97 Å².